The van der Waals surface area contributed by atoms with Gasteiger partial charge in [-0.15, -0.1) is 12.4 Å². The summed E-state index contributed by atoms with van der Waals surface area (Å²) < 4.78 is 0. The molecule has 2 aliphatic rings. The van der Waals surface area contributed by atoms with Crippen LogP contribution in [0, 0.1) is 0 Å². The zero-order valence-electron chi connectivity index (χ0n) is 10.9. The quantitative estimate of drug-likeness (QED) is 0.727. The lowest BCUT2D eigenvalue weighted by Gasteiger charge is -2.28. The Morgan fingerprint density at radius 2 is 2.00 bits per heavy atom. The highest BCUT2D eigenvalue weighted by Crippen LogP contribution is 2.18. The van der Waals surface area contributed by atoms with E-state index in [1.807, 2.05) is 0 Å². The van der Waals surface area contributed by atoms with Crippen LogP contribution in [-0.2, 0) is 4.79 Å². The molecule has 0 spiro atoms. The molecule has 1 amide bonds. The summed E-state index contributed by atoms with van der Waals surface area (Å²) in [7, 11) is 0. The smallest absolute Gasteiger partial charge is 0.220 e. The lowest BCUT2D eigenvalue weighted by Crippen LogP contribution is -2.45. The third kappa shape index (κ3) is 4.75. The summed E-state index contributed by atoms with van der Waals surface area (Å²) in [4.78, 5) is 11.8. The minimum atomic E-state index is -0.336. The molecule has 18 heavy (non-hydrogen) atoms. The molecule has 0 aromatic rings. The molecule has 1 saturated carbocycles. The molecule has 0 aromatic carbocycles. The number of hydrogen-bond donors (Lipinski definition) is 3. The summed E-state index contributed by atoms with van der Waals surface area (Å²) in [6.07, 6.45) is 7.55. The van der Waals surface area contributed by atoms with Crippen molar-refractivity contribution in [1.29, 1.82) is 0 Å². The lowest BCUT2D eigenvalue weighted by molar-refractivity contribution is -0.123. The highest BCUT2D eigenvalue weighted by Gasteiger charge is 2.24. The molecule has 0 radical (unpaired) electrons. The average molecular weight is 277 g/mol. The normalized spacial score (nSPS) is 31.7. The Bertz CT molecular complexity index is 257. The molecule has 0 aromatic heterocycles. The van der Waals surface area contributed by atoms with Crippen molar-refractivity contribution in [2.75, 3.05) is 6.54 Å². The summed E-state index contributed by atoms with van der Waals surface area (Å²) in [5.41, 5.74) is 0. The van der Waals surface area contributed by atoms with Crippen LogP contribution in [0.4, 0.5) is 0 Å². The van der Waals surface area contributed by atoms with Crippen molar-refractivity contribution >= 4 is 18.3 Å². The van der Waals surface area contributed by atoms with E-state index in [-0.39, 0.29) is 30.5 Å². The molecular formula is C13H25ClN2O2. The first kappa shape index (κ1) is 15.7. The fraction of sp³-hybridized carbons (Fsp3) is 0.923. The fourth-order valence-electron chi connectivity index (χ4n) is 2.87. The minimum Gasteiger partial charge on any atom is -0.391 e. The van der Waals surface area contributed by atoms with Crippen molar-refractivity contribution < 1.29 is 9.90 Å². The number of rotatable bonds is 4. The van der Waals surface area contributed by atoms with Gasteiger partial charge in [0.15, 0.2) is 0 Å². The first-order valence-corrected chi connectivity index (χ1v) is 6.96. The van der Waals surface area contributed by atoms with Crippen molar-refractivity contribution in [3.8, 4) is 0 Å². The highest BCUT2D eigenvalue weighted by molar-refractivity contribution is 5.85. The molecule has 3 N–H and O–H groups in total. The topological polar surface area (TPSA) is 61.4 Å². The second-order valence-electron chi connectivity index (χ2n) is 5.36. The maximum absolute atomic E-state index is 11.8. The molecule has 4 nitrogen and oxygen atoms in total. The number of aliphatic hydroxyl groups is 1. The van der Waals surface area contributed by atoms with Gasteiger partial charge >= 0.3 is 0 Å². The number of carbonyl (C=O) groups is 1. The second-order valence-corrected chi connectivity index (χ2v) is 5.36. The van der Waals surface area contributed by atoms with Gasteiger partial charge in [0.2, 0.25) is 5.91 Å². The molecule has 5 heteroatoms. The van der Waals surface area contributed by atoms with Crippen molar-refractivity contribution in [2.24, 2.45) is 0 Å². The maximum Gasteiger partial charge on any atom is 0.220 e. The molecule has 106 valence electrons. The second kappa shape index (κ2) is 7.97. The Morgan fingerprint density at radius 3 is 2.67 bits per heavy atom. The van der Waals surface area contributed by atoms with Crippen molar-refractivity contribution in [3.63, 3.8) is 0 Å². The Balaban J connectivity index is 0.00000162. The van der Waals surface area contributed by atoms with Crippen LogP contribution in [0.25, 0.3) is 0 Å². The van der Waals surface area contributed by atoms with E-state index in [4.69, 9.17) is 0 Å². The van der Waals surface area contributed by atoms with Crippen LogP contribution in [0.3, 0.4) is 0 Å². The highest BCUT2D eigenvalue weighted by atomic mass is 35.5. The van der Waals surface area contributed by atoms with Crippen molar-refractivity contribution in [1.82, 2.24) is 10.6 Å². The largest absolute Gasteiger partial charge is 0.391 e. The van der Waals surface area contributed by atoms with Crippen LogP contribution in [0.15, 0.2) is 0 Å². The summed E-state index contributed by atoms with van der Waals surface area (Å²) in [5, 5.41) is 16.1. The monoisotopic (exact) mass is 276 g/mol. The van der Waals surface area contributed by atoms with Gasteiger partial charge in [0, 0.05) is 12.5 Å². The fourth-order valence-corrected chi connectivity index (χ4v) is 2.87. The van der Waals surface area contributed by atoms with Crippen LogP contribution >= 0.6 is 12.4 Å². The summed E-state index contributed by atoms with van der Waals surface area (Å²) in [6.45, 7) is 1.09. The van der Waals surface area contributed by atoms with Gasteiger partial charge in [-0.3, -0.25) is 4.79 Å². The van der Waals surface area contributed by atoms with Gasteiger partial charge in [0.25, 0.3) is 0 Å². The molecular weight excluding hydrogens is 252 g/mol. The molecule has 1 unspecified atom stereocenters. The van der Waals surface area contributed by atoms with Crippen molar-refractivity contribution in [2.45, 2.75) is 69.6 Å². The summed E-state index contributed by atoms with van der Waals surface area (Å²) in [6, 6.07) is 0.518. The van der Waals surface area contributed by atoms with Crippen LogP contribution < -0.4 is 10.6 Å². The molecule has 1 heterocycles. The molecule has 1 saturated heterocycles. The lowest BCUT2D eigenvalue weighted by atomic mass is 9.92. The molecule has 1 aliphatic carbocycles. The Morgan fingerprint density at radius 1 is 1.22 bits per heavy atom. The molecule has 3 atom stereocenters. The third-order valence-corrected chi connectivity index (χ3v) is 3.96. The van der Waals surface area contributed by atoms with Gasteiger partial charge in [-0.25, -0.2) is 0 Å². The summed E-state index contributed by atoms with van der Waals surface area (Å²) >= 11 is 0. The van der Waals surface area contributed by atoms with Crippen LogP contribution in [-0.4, -0.2) is 35.7 Å². The van der Waals surface area contributed by atoms with Crippen LogP contribution in [0.2, 0.25) is 0 Å². The first-order valence-electron chi connectivity index (χ1n) is 6.96. The minimum absolute atomic E-state index is 0. The number of carbonyl (C=O) groups excluding carboxylic acids is 1. The standard InChI is InChI=1S/C13H24N2O2.ClH/c16-12-6-2-1-5-11(12)15-13(17)8-7-10-4-3-9-14-10;/h10-12,14,16H,1-9H2,(H,15,17);1H/t10?,11-,12-;/m1./s1. The maximum atomic E-state index is 11.8. The van der Waals surface area contributed by atoms with E-state index in [0.717, 1.165) is 38.6 Å². The van der Waals surface area contributed by atoms with E-state index in [1.165, 1.54) is 12.8 Å². The van der Waals surface area contributed by atoms with Crippen molar-refractivity contribution in [3.05, 3.63) is 0 Å². The van der Waals surface area contributed by atoms with E-state index in [1.54, 1.807) is 0 Å². The van der Waals surface area contributed by atoms with E-state index >= 15 is 0 Å². The SMILES string of the molecule is Cl.O=C(CCC1CCCN1)N[C@@H]1CCCC[C@H]1O. The third-order valence-electron chi connectivity index (χ3n) is 3.96. The Kier molecular flexibility index (Phi) is 6.97. The average Bonchev–Trinajstić information content (AvgIpc) is 2.82. The Hall–Kier alpha value is -0.320. The van der Waals surface area contributed by atoms with Gasteiger partial charge in [0.1, 0.15) is 0 Å². The van der Waals surface area contributed by atoms with Crippen LogP contribution in [0.1, 0.15) is 51.4 Å². The number of halogens is 1. The molecule has 1 aliphatic heterocycles. The zero-order chi connectivity index (χ0) is 12.1. The molecule has 2 fully saturated rings. The van der Waals surface area contributed by atoms with Gasteiger partial charge in [-0.2, -0.15) is 0 Å². The molecule has 0 bridgehead atoms. The van der Waals surface area contributed by atoms with Gasteiger partial charge < -0.3 is 15.7 Å². The number of aliphatic hydroxyl groups excluding tert-OH is 1. The first-order chi connectivity index (χ1) is 8.25. The molecule has 2 rings (SSSR count). The predicted octanol–water partition coefficient (Wildman–Crippen LogP) is 1.36. The zero-order valence-corrected chi connectivity index (χ0v) is 11.7. The Labute approximate surface area is 115 Å². The van der Waals surface area contributed by atoms with E-state index < -0.39 is 0 Å². The number of amides is 1. The van der Waals surface area contributed by atoms with Crippen LogP contribution in [0.5, 0.6) is 0 Å². The summed E-state index contributed by atoms with van der Waals surface area (Å²) in [5.74, 6) is 0.102. The van der Waals surface area contributed by atoms with E-state index in [9.17, 15) is 9.90 Å². The van der Waals surface area contributed by atoms with Gasteiger partial charge in [0.05, 0.1) is 12.1 Å². The van der Waals surface area contributed by atoms with Gasteiger partial charge in [-0.1, -0.05) is 12.8 Å². The number of hydrogen-bond acceptors (Lipinski definition) is 3. The van der Waals surface area contributed by atoms with E-state index in [0.29, 0.717) is 12.5 Å². The predicted molar refractivity (Wildman–Crippen MR) is 73.9 cm³/mol. The van der Waals surface area contributed by atoms with E-state index in [2.05, 4.69) is 10.6 Å². The van der Waals surface area contributed by atoms with Gasteiger partial charge in [-0.05, 0) is 38.6 Å². The number of nitrogens with one attached hydrogen (secondary N) is 2.